The highest BCUT2D eigenvalue weighted by atomic mass is 16.3. The zero-order chi connectivity index (χ0) is 10.8. The number of aliphatic hydroxyl groups is 1. The summed E-state index contributed by atoms with van der Waals surface area (Å²) in [5.74, 6) is 2.76. The van der Waals surface area contributed by atoms with Crippen molar-refractivity contribution in [1.29, 1.82) is 0 Å². The monoisotopic (exact) mass is 220 g/mol. The lowest BCUT2D eigenvalue weighted by Crippen LogP contribution is -2.59. The van der Waals surface area contributed by atoms with Crippen LogP contribution in [0.25, 0.3) is 0 Å². The second-order valence-corrected chi connectivity index (χ2v) is 6.62. The molecule has 5 aliphatic rings. The van der Waals surface area contributed by atoms with Crippen molar-refractivity contribution in [1.82, 2.24) is 5.32 Å². The van der Waals surface area contributed by atoms with Crippen molar-refractivity contribution in [2.24, 2.45) is 22.2 Å². The molecule has 2 N–H and O–H groups in total. The molecule has 0 aromatic carbocycles. The van der Waals surface area contributed by atoms with Crippen molar-refractivity contribution >= 4 is 5.84 Å². The summed E-state index contributed by atoms with van der Waals surface area (Å²) < 4.78 is 0. The molecule has 4 atom stereocenters. The van der Waals surface area contributed by atoms with Gasteiger partial charge in [0.05, 0.1) is 12.1 Å². The van der Waals surface area contributed by atoms with Gasteiger partial charge in [-0.25, -0.2) is 0 Å². The Morgan fingerprint density at radius 3 is 2.50 bits per heavy atom. The number of amidine groups is 1. The predicted octanol–water partition coefficient (Wildman–Crippen LogP) is 1.32. The van der Waals surface area contributed by atoms with Crippen LogP contribution >= 0.6 is 0 Å². The molecule has 1 aliphatic heterocycles. The zero-order valence-electron chi connectivity index (χ0n) is 9.71. The summed E-state index contributed by atoms with van der Waals surface area (Å²) in [5.41, 5.74) is -0.119. The van der Waals surface area contributed by atoms with Gasteiger partial charge in [0.15, 0.2) is 0 Å². The molecule has 4 fully saturated rings. The Kier molecular flexibility index (Phi) is 1.66. The van der Waals surface area contributed by atoms with E-state index < -0.39 is 0 Å². The lowest BCUT2D eigenvalue weighted by molar-refractivity contribution is -0.142. The van der Waals surface area contributed by atoms with Gasteiger partial charge in [0.1, 0.15) is 5.84 Å². The van der Waals surface area contributed by atoms with E-state index in [0.29, 0.717) is 0 Å². The predicted molar refractivity (Wildman–Crippen MR) is 62.4 cm³/mol. The van der Waals surface area contributed by atoms with Crippen molar-refractivity contribution in [3.8, 4) is 0 Å². The van der Waals surface area contributed by atoms with Gasteiger partial charge in [-0.05, 0) is 50.4 Å². The number of hydrogen-bond acceptors (Lipinski definition) is 3. The van der Waals surface area contributed by atoms with Gasteiger partial charge in [0.25, 0.3) is 0 Å². The van der Waals surface area contributed by atoms with E-state index in [1.807, 2.05) is 0 Å². The Morgan fingerprint density at radius 2 is 1.94 bits per heavy atom. The van der Waals surface area contributed by atoms with Crippen LogP contribution in [0.5, 0.6) is 0 Å². The van der Waals surface area contributed by atoms with Crippen LogP contribution in [0.3, 0.4) is 0 Å². The summed E-state index contributed by atoms with van der Waals surface area (Å²) in [6, 6.07) is 0. The minimum Gasteiger partial charge on any atom is -0.390 e. The molecule has 5 rings (SSSR count). The van der Waals surface area contributed by atoms with E-state index in [0.717, 1.165) is 44.2 Å². The maximum atomic E-state index is 10.6. The number of nitrogens with one attached hydrogen (secondary N) is 1. The van der Waals surface area contributed by atoms with Gasteiger partial charge in [0, 0.05) is 12.0 Å². The quantitative estimate of drug-likeness (QED) is 0.700. The normalized spacial score (nSPS) is 53.9. The average Bonchev–Trinajstić information content (AvgIpc) is 2.65. The van der Waals surface area contributed by atoms with Crippen LogP contribution in [-0.2, 0) is 0 Å². The largest absolute Gasteiger partial charge is 0.390 e. The van der Waals surface area contributed by atoms with Crippen molar-refractivity contribution in [3.63, 3.8) is 0 Å². The van der Waals surface area contributed by atoms with E-state index >= 15 is 0 Å². The second kappa shape index (κ2) is 2.81. The molecule has 1 heterocycles. The number of hydrogen-bond donors (Lipinski definition) is 2. The van der Waals surface area contributed by atoms with Crippen molar-refractivity contribution in [3.05, 3.63) is 0 Å². The van der Waals surface area contributed by atoms with Crippen LogP contribution in [-0.4, -0.2) is 29.6 Å². The lowest BCUT2D eigenvalue weighted by Gasteiger charge is -2.60. The summed E-state index contributed by atoms with van der Waals surface area (Å²) in [6.45, 7) is 1.94. The van der Waals surface area contributed by atoms with Crippen LogP contribution in [0.15, 0.2) is 4.99 Å². The average molecular weight is 220 g/mol. The van der Waals surface area contributed by atoms with Gasteiger partial charge in [0.2, 0.25) is 0 Å². The first kappa shape index (κ1) is 9.46. The minimum atomic E-state index is -0.350. The molecular formula is C13H20N2O. The van der Waals surface area contributed by atoms with E-state index in [1.165, 1.54) is 25.1 Å². The molecule has 4 bridgehead atoms. The fraction of sp³-hybridized carbons (Fsp3) is 0.923. The smallest absolute Gasteiger partial charge is 0.103 e. The zero-order valence-corrected chi connectivity index (χ0v) is 9.71. The number of aliphatic imine (C=N–C) groups is 1. The first-order valence-electron chi connectivity index (χ1n) is 6.69. The molecule has 0 spiro atoms. The van der Waals surface area contributed by atoms with Crippen molar-refractivity contribution in [2.45, 2.75) is 44.1 Å². The minimum absolute atomic E-state index is 0.231. The number of nitrogens with zero attached hydrogens (tertiary/aromatic N) is 1. The highest BCUT2D eigenvalue weighted by Crippen LogP contribution is 2.61. The Bertz CT molecular complexity index is 349. The molecule has 3 heteroatoms. The van der Waals surface area contributed by atoms with Crippen LogP contribution in [0.2, 0.25) is 0 Å². The van der Waals surface area contributed by atoms with Crippen LogP contribution < -0.4 is 5.32 Å². The molecule has 4 aliphatic carbocycles. The van der Waals surface area contributed by atoms with Crippen LogP contribution in [0.1, 0.15) is 38.5 Å². The third kappa shape index (κ3) is 1.15. The summed E-state index contributed by atoms with van der Waals surface area (Å²) in [6.07, 6.45) is 6.99. The fourth-order valence-corrected chi connectivity index (χ4v) is 5.24. The van der Waals surface area contributed by atoms with E-state index in [1.54, 1.807) is 0 Å². The molecule has 2 unspecified atom stereocenters. The third-order valence-corrected chi connectivity index (χ3v) is 5.21. The van der Waals surface area contributed by atoms with Crippen molar-refractivity contribution in [2.75, 3.05) is 13.1 Å². The highest BCUT2D eigenvalue weighted by molar-refractivity contribution is 5.90. The molecule has 0 radical (unpaired) electrons. The van der Waals surface area contributed by atoms with Gasteiger partial charge in [-0.1, -0.05) is 0 Å². The van der Waals surface area contributed by atoms with E-state index in [-0.39, 0.29) is 11.0 Å². The molecule has 4 saturated carbocycles. The number of rotatable bonds is 1. The van der Waals surface area contributed by atoms with E-state index in [2.05, 4.69) is 10.3 Å². The third-order valence-electron chi connectivity index (χ3n) is 5.21. The first-order chi connectivity index (χ1) is 7.68. The molecule has 88 valence electrons. The molecule has 0 aromatic heterocycles. The second-order valence-electron chi connectivity index (χ2n) is 6.62. The molecule has 0 saturated heterocycles. The summed E-state index contributed by atoms with van der Waals surface area (Å²) in [7, 11) is 0. The highest BCUT2D eigenvalue weighted by Gasteiger charge is 2.59. The lowest BCUT2D eigenvalue weighted by atomic mass is 9.47. The molecule has 3 nitrogen and oxygen atoms in total. The SMILES string of the molecule is OC12C[C@H]3C[C@@H](C1)CC(C1=NCCN1)(C3)C2. The van der Waals surface area contributed by atoms with Gasteiger partial charge in [-0.2, -0.15) is 0 Å². The molecule has 0 aromatic rings. The molecule has 16 heavy (non-hydrogen) atoms. The summed E-state index contributed by atoms with van der Waals surface area (Å²) >= 11 is 0. The maximum Gasteiger partial charge on any atom is 0.103 e. The Hall–Kier alpha value is -0.570. The van der Waals surface area contributed by atoms with Crippen molar-refractivity contribution < 1.29 is 5.11 Å². The Morgan fingerprint density at radius 1 is 1.19 bits per heavy atom. The van der Waals surface area contributed by atoms with Gasteiger partial charge < -0.3 is 10.4 Å². The van der Waals surface area contributed by atoms with Crippen LogP contribution in [0, 0.1) is 17.3 Å². The molecule has 0 amide bonds. The van der Waals surface area contributed by atoms with Crippen LogP contribution in [0.4, 0.5) is 0 Å². The fourth-order valence-electron chi connectivity index (χ4n) is 5.24. The summed E-state index contributed by atoms with van der Waals surface area (Å²) in [4.78, 5) is 4.65. The molecular weight excluding hydrogens is 200 g/mol. The first-order valence-corrected chi connectivity index (χ1v) is 6.69. The van der Waals surface area contributed by atoms with E-state index in [9.17, 15) is 5.11 Å². The topological polar surface area (TPSA) is 44.6 Å². The van der Waals surface area contributed by atoms with Gasteiger partial charge in [-0.3, -0.25) is 4.99 Å². The maximum absolute atomic E-state index is 10.6. The van der Waals surface area contributed by atoms with Gasteiger partial charge >= 0.3 is 0 Å². The Balaban J connectivity index is 1.74. The van der Waals surface area contributed by atoms with Gasteiger partial charge in [-0.15, -0.1) is 0 Å². The van der Waals surface area contributed by atoms with E-state index in [4.69, 9.17) is 0 Å². The standard InChI is InChI=1S/C13H20N2O/c16-13-6-9-3-10(7-13)5-12(4-9,8-13)11-14-1-2-15-11/h9-10,16H,1-8H2,(H,14,15)/t9-,10+,12?,13?. The Labute approximate surface area is 96.3 Å². The summed E-state index contributed by atoms with van der Waals surface area (Å²) in [5, 5.41) is 14.1.